The van der Waals surface area contributed by atoms with E-state index in [1.165, 1.54) is 16.9 Å². The molecular formula is C11H19NS. The maximum absolute atomic E-state index is 6.12. The van der Waals surface area contributed by atoms with Gasteiger partial charge >= 0.3 is 0 Å². The largest absolute Gasteiger partial charge is 0.324 e. The summed E-state index contributed by atoms with van der Waals surface area (Å²) in [7, 11) is 0. The highest BCUT2D eigenvalue weighted by Crippen LogP contribution is 2.26. The SMILES string of the molecule is CCC(C)CC(N)c1ccsc1C. The molecule has 13 heavy (non-hydrogen) atoms. The molecular weight excluding hydrogens is 178 g/mol. The molecule has 1 nitrogen and oxygen atoms in total. The normalized spacial score (nSPS) is 15.7. The van der Waals surface area contributed by atoms with Crippen molar-refractivity contribution in [1.82, 2.24) is 0 Å². The predicted octanol–water partition coefficient (Wildman–Crippen LogP) is 3.49. The molecule has 2 unspecified atom stereocenters. The fraction of sp³-hybridized carbons (Fsp3) is 0.636. The number of rotatable bonds is 4. The van der Waals surface area contributed by atoms with Gasteiger partial charge in [-0.05, 0) is 36.3 Å². The highest BCUT2D eigenvalue weighted by Gasteiger charge is 2.12. The lowest BCUT2D eigenvalue weighted by Crippen LogP contribution is -2.13. The first kappa shape index (κ1) is 10.7. The van der Waals surface area contributed by atoms with Crippen molar-refractivity contribution in [2.45, 2.75) is 39.7 Å². The van der Waals surface area contributed by atoms with Crippen LogP contribution in [0, 0.1) is 12.8 Å². The van der Waals surface area contributed by atoms with Crippen molar-refractivity contribution in [2.75, 3.05) is 0 Å². The molecule has 1 aromatic heterocycles. The number of hydrogen-bond acceptors (Lipinski definition) is 2. The maximum Gasteiger partial charge on any atom is 0.0308 e. The van der Waals surface area contributed by atoms with Gasteiger partial charge in [-0.25, -0.2) is 0 Å². The fourth-order valence-corrected chi connectivity index (χ4v) is 2.28. The Kier molecular flexibility index (Phi) is 3.94. The molecule has 0 aliphatic heterocycles. The van der Waals surface area contributed by atoms with Crippen LogP contribution in [0.15, 0.2) is 11.4 Å². The number of thiophene rings is 1. The third kappa shape index (κ3) is 2.82. The average molecular weight is 197 g/mol. The van der Waals surface area contributed by atoms with E-state index in [0.29, 0.717) is 0 Å². The van der Waals surface area contributed by atoms with Crippen molar-refractivity contribution in [3.63, 3.8) is 0 Å². The molecule has 0 spiro atoms. The summed E-state index contributed by atoms with van der Waals surface area (Å²) in [6.45, 7) is 6.63. The highest BCUT2D eigenvalue weighted by atomic mass is 32.1. The van der Waals surface area contributed by atoms with E-state index >= 15 is 0 Å². The Balaban J connectivity index is 2.58. The molecule has 0 fully saturated rings. The average Bonchev–Trinajstić information content (AvgIpc) is 2.51. The molecule has 0 saturated carbocycles. The first-order valence-corrected chi connectivity index (χ1v) is 5.82. The first-order valence-electron chi connectivity index (χ1n) is 4.94. The van der Waals surface area contributed by atoms with E-state index < -0.39 is 0 Å². The van der Waals surface area contributed by atoms with E-state index in [2.05, 4.69) is 32.2 Å². The summed E-state index contributed by atoms with van der Waals surface area (Å²) in [6, 6.07) is 2.40. The molecule has 0 bridgehead atoms. The zero-order valence-corrected chi connectivity index (χ0v) is 9.53. The predicted molar refractivity (Wildman–Crippen MR) is 60.1 cm³/mol. The Morgan fingerprint density at radius 3 is 2.69 bits per heavy atom. The Morgan fingerprint density at radius 2 is 2.23 bits per heavy atom. The second-order valence-electron chi connectivity index (χ2n) is 3.79. The molecule has 1 heterocycles. The van der Waals surface area contributed by atoms with Crippen LogP contribution in [0.3, 0.4) is 0 Å². The summed E-state index contributed by atoms with van der Waals surface area (Å²) in [5.74, 6) is 0.731. The van der Waals surface area contributed by atoms with Crippen LogP contribution in [-0.4, -0.2) is 0 Å². The van der Waals surface area contributed by atoms with E-state index in [9.17, 15) is 0 Å². The molecule has 0 aliphatic rings. The maximum atomic E-state index is 6.12. The topological polar surface area (TPSA) is 26.0 Å². The van der Waals surface area contributed by atoms with Crippen LogP contribution in [0.5, 0.6) is 0 Å². The van der Waals surface area contributed by atoms with Crippen LogP contribution in [0.25, 0.3) is 0 Å². The smallest absolute Gasteiger partial charge is 0.0308 e. The Labute approximate surface area is 85.0 Å². The molecule has 2 heteroatoms. The minimum Gasteiger partial charge on any atom is -0.324 e. The van der Waals surface area contributed by atoms with Crippen LogP contribution < -0.4 is 5.73 Å². The van der Waals surface area contributed by atoms with Crippen LogP contribution >= 0.6 is 11.3 Å². The summed E-state index contributed by atoms with van der Waals surface area (Å²) in [4.78, 5) is 1.37. The molecule has 1 aromatic rings. The lowest BCUT2D eigenvalue weighted by Gasteiger charge is -2.15. The standard InChI is InChI=1S/C11H19NS/c1-4-8(2)7-11(12)10-5-6-13-9(10)3/h5-6,8,11H,4,7,12H2,1-3H3. The van der Waals surface area contributed by atoms with E-state index in [1.807, 2.05) is 0 Å². The van der Waals surface area contributed by atoms with Crippen molar-refractivity contribution in [2.24, 2.45) is 11.7 Å². The first-order chi connectivity index (χ1) is 6.15. The minimum absolute atomic E-state index is 0.237. The summed E-state index contributed by atoms with van der Waals surface area (Å²) in [5.41, 5.74) is 7.46. The molecule has 0 radical (unpaired) electrons. The van der Waals surface area contributed by atoms with Gasteiger partial charge in [0.2, 0.25) is 0 Å². The molecule has 0 aromatic carbocycles. The van der Waals surface area contributed by atoms with Gasteiger partial charge in [-0.3, -0.25) is 0 Å². The van der Waals surface area contributed by atoms with Gasteiger partial charge < -0.3 is 5.73 Å². The molecule has 2 N–H and O–H groups in total. The molecule has 1 rings (SSSR count). The van der Waals surface area contributed by atoms with Crippen LogP contribution in [0.4, 0.5) is 0 Å². The van der Waals surface area contributed by atoms with E-state index in [4.69, 9.17) is 5.73 Å². The van der Waals surface area contributed by atoms with Gasteiger partial charge in [-0.2, -0.15) is 0 Å². The van der Waals surface area contributed by atoms with Crippen molar-refractivity contribution in [1.29, 1.82) is 0 Å². The Morgan fingerprint density at radius 1 is 1.54 bits per heavy atom. The molecule has 0 amide bonds. The van der Waals surface area contributed by atoms with Gasteiger partial charge in [-0.1, -0.05) is 20.3 Å². The third-order valence-electron chi connectivity index (χ3n) is 2.65. The van der Waals surface area contributed by atoms with Crippen LogP contribution in [-0.2, 0) is 0 Å². The summed E-state index contributed by atoms with van der Waals surface area (Å²) in [6.07, 6.45) is 2.32. The lowest BCUT2D eigenvalue weighted by atomic mass is 9.95. The lowest BCUT2D eigenvalue weighted by molar-refractivity contribution is 0.461. The van der Waals surface area contributed by atoms with Gasteiger partial charge in [0.25, 0.3) is 0 Å². The van der Waals surface area contributed by atoms with Crippen molar-refractivity contribution in [3.05, 3.63) is 21.9 Å². The minimum atomic E-state index is 0.237. The van der Waals surface area contributed by atoms with Gasteiger partial charge in [0.1, 0.15) is 0 Å². The van der Waals surface area contributed by atoms with Crippen molar-refractivity contribution < 1.29 is 0 Å². The monoisotopic (exact) mass is 197 g/mol. The molecule has 0 saturated heterocycles. The highest BCUT2D eigenvalue weighted by molar-refractivity contribution is 7.10. The quantitative estimate of drug-likeness (QED) is 0.785. The summed E-state index contributed by atoms with van der Waals surface area (Å²) < 4.78 is 0. The second-order valence-corrected chi connectivity index (χ2v) is 4.91. The Bertz CT molecular complexity index is 254. The second kappa shape index (κ2) is 4.77. The van der Waals surface area contributed by atoms with E-state index in [0.717, 1.165) is 12.3 Å². The van der Waals surface area contributed by atoms with Crippen LogP contribution in [0.1, 0.15) is 43.2 Å². The number of hydrogen-bond donors (Lipinski definition) is 1. The summed E-state index contributed by atoms with van der Waals surface area (Å²) >= 11 is 1.79. The number of aryl methyl sites for hydroxylation is 1. The van der Waals surface area contributed by atoms with Crippen molar-refractivity contribution in [3.8, 4) is 0 Å². The van der Waals surface area contributed by atoms with Gasteiger partial charge in [-0.15, -0.1) is 11.3 Å². The molecule has 74 valence electrons. The van der Waals surface area contributed by atoms with Crippen molar-refractivity contribution >= 4 is 11.3 Å². The molecule has 2 atom stereocenters. The van der Waals surface area contributed by atoms with E-state index in [-0.39, 0.29) is 6.04 Å². The zero-order chi connectivity index (χ0) is 9.84. The fourth-order valence-electron chi connectivity index (χ4n) is 1.51. The van der Waals surface area contributed by atoms with E-state index in [1.54, 1.807) is 11.3 Å². The van der Waals surface area contributed by atoms with Crippen LogP contribution in [0.2, 0.25) is 0 Å². The number of nitrogens with two attached hydrogens (primary N) is 1. The Hall–Kier alpha value is -0.340. The zero-order valence-electron chi connectivity index (χ0n) is 8.71. The third-order valence-corrected chi connectivity index (χ3v) is 3.51. The van der Waals surface area contributed by atoms with Gasteiger partial charge in [0.05, 0.1) is 0 Å². The summed E-state index contributed by atoms with van der Waals surface area (Å²) in [5, 5.41) is 2.13. The van der Waals surface area contributed by atoms with Gasteiger partial charge in [0, 0.05) is 10.9 Å². The van der Waals surface area contributed by atoms with Gasteiger partial charge in [0.15, 0.2) is 0 Å². The molecule has 0 aliphatic carbocycles.